The summed E-state index contributed by atoms with van der Waals surface area (Å²) in [4.78, 5) is 0. The van der Waals surface area contributed by atoms with Gasteiger partial charge in [-0.2, -0.15) is 0 Å². The van der Waals surface area contributed by atoms with Crippen LogP contribution in [0.15, 0.2) is 200 Å². The van der Waals surface area contributed by atoms with Gasteiger partial charge in [0.2, 0.25) is 0 Å². The zero-order valence-electron chi connectivity index (χ0n) is 29.9. The third-order valence-electron chi connectivity index (χ3n) is 11.6. The number of pyridine rings is 1. The number of rotatable bonds is 4. The smallest absolute Gasteiger partial charge is 0.0810 e. The second-order valence-electron chi connectivity index (χ2n) is 14.5. The fourth-order valence-corrected chi connectivity index (χ4v) is 9.30. The van der Waals surface area contributed by atoms with Crippen LogP contribution in [0.25, 0.3) is 105 Å². The average Bonchev–Trinajstić information content (AvgIpc) is 3.90. The van der Waals surface area contributed by atoms with E-state index in [9.17, 15) is 0 Å². The van der Waals surface area contributed by atoms with Crippen molar-refractivity contribution in [2.45, 2.75) is 0 Å². The molecule has 8 aromatic carbocycles. The third kappa shape index (κ3) is 4.26. The zero-order chi connectivity index (χ0) is 36.0. The molecule has 4 aromatic heterocycles. The van der Waals surface area contributed by atoms with Crippen molar-refractivity contribution in [3.05, 3.63) is 200 Å². The molecular formula is C52H33N3. The van der Waals surface area contributed by atoms with Crippen LogP contribution in [0.4, 0.5) is 0 Å². The molecule has 0 spiro atoms. The van der Waals surface area contributed by atoms with Gasteiger partial charge in [0.1, 0.15) is 0 Å². The summed E-state index contributed by atoms with van der Waals surface area (Å²) in [7, 11) is 0. The van der Waals surface area contributed by atoms with Gasteiger partial charge in [0.05, 0.1) is 38.6 Å². The minimum absolute atomic E-state index is 1.14. The Morgan fingerprint density at radius 3 is 1.45 bits per heavy atom. The molecule has 3 nitrogen and oxygen atoms in total. The van der Waals surface area contributed by atoms with Crippen molar-refractivity contribution in [1.82, 2.24) is 13.5 Å². The lowest BCUT2D eigenvalue weighted by atomic mass is 9.98. The van der Waals surface area contributed by atoms with E-state index in [0.29, 0.717) is 0 Å². The Morgan fingerprint density at radius 2 is 0.745 bits per heavy atom. The number of nitrogens with zero attached hydrogens (tertiary/aromatic N) is 3. The molecule has 0 saturated carbocycles. The van der Waals surface area contributed by atoms with E-state index in [0.717, 1.165) is 11.4 Å². The highest BCUT2D eigenvalue weighted by molar-refractivity contribution is 6.27. The van der Waals surface area contributed by atoms with Crippen molar-refractivity contribution in [2.24, 2.45) is 0 Å². The number of hydrogen-bond acceptors (Lipinski definition) is 0. The van der Waals surface area contributed by atoms with E-state index in [4.69, 9.17) is 0 Å². The number of aromatic nitrogens is 3. The average molecular weight is 700 g/mol. The minimum Gasteiger partial charge on any atom is -0.309 e. The van der Waals surface area contributed by atoms with Gasteiger partial charge in [-0.1, -0.05) is 140 Å². The summed E-state index contributed by atoms with van der Waals surface area (Å²) in [6.07, 6.45) is 0. The van der Waals surface area contributed by atoms with Crippen molar-refractivity contribution in [1.29, 1.82) is 0 Å². The fraction of sp³-hybridized carbons (Fsp3) is 0. The van der Waals surface area contributed by atoms with Crippen LogP contribution >= 0.6 is 0 Å². The topological polar surface area (TPSA) is 14.3 Å². The van der Waals surface area contributed by atoms with Gasteiger partial charge in [-0.25, -0.2) is 0 Å². The van der Waals surface area contributed by atoms with Crippen LogP contribution in [-0.4, -0.2) is 13.5 Å². The van der Waals surface area contributed by atoms with Crippen LogP contribution in [0.1, 0.15) is 0 Å². The minimum atomic E-state index is 1.14. The number of para-hydroxylation sites is 4. The maximum Gasteiger partial charge on any atom is 0.0810 e. The molecule has 12 aromatic rings. The lowest BCUT2D eigenvalue weighted by Crippen LogP contribution is -1.95. The van der Waals surface area contributed by atoms with E-state index in [-0.39, 0.29) is 0 Å². The van der Waals surface area contributed by atoms with E-state index >= 15 is 0 Å². The molecule has 0 saturated heterocycles. The van der Waals surface area contributed by atoms with Crippen molar-refractivity contribution < 1.29 is 0 Å². The number of benzene rings is 8. The van der Waals surface area contributed by atoms with Crippen LogP contribution in [0.5, 0.6) is 0 Å². The first kappa shape index (κ1) is 30.1. The molecule has 0 bridgehead atoms. The zero-order valence-corrected chi connectivity index (χ0v) is 29.9. The van der Waals surface area contributed by atoms with Crippen LogP contribution in [0.2, 0.25) is 0 Å². The van der Waals surface area contributed by atoms with Gasteiger partial charge in [-0.3, -0.25) is 0 Å². The lowest BCUT2D eigenvalue weighted by Gasteiger charge is -2.14. The highest BCUT2D eigenvalue weighted by Crippen LogP contribution is 2.48. The lowest BCUT2D eigenvalue weighted by molar-refractivity contribution is 1.18. The van der Waals surface area contributed by atoms with Gasteiger partial charge in [-0.15, -0.1) is 0 Å². The molecule has 55 heavy (non-hydrogen) atoms. The van der Waals surface area contributed by atoms with E-state index in [1.54, 1.807) is 0 Å². The second-order valence-corrected chi connectivity index (χ2v) is 14.5. The molecule has 0 amide bonds. The van der Waals surface area contributed by atoms with Crippen LogP contribution in [-0.2, 0) is 0 Å². The SMILES string of the molecule is c1ccc(-c2ccc3c(c2)c2c(c(-c4ccc5c(c4)c4ccccc4n5-c4ccccc4)c4c5ccccc5c5ccccc5n42)n3-c2ccccc2)cc1. The standard InChI is InChI=1S/C52H33N3/c1-4-16-34(17-5-1)35-28-30-48-44(32-35)51-52(54(48)38-20-8-3-9-21-38)49(50-42-25-11-10-22-39(42)40-23-12-15-27-46(40)55(50)51)36-29-31-47-43(33-36)41-24-13-14-26-45(41)53(47)37-18-6-2-7-19-37/h1-33H. The van der Waals surface area contributed by atoms with Gasteiger partial charge in [0.25, 0.3) is 0 Å². The highest BCUT2D eigenvalue weighted by atomic mass is 15.0. The van der Waals surface area contributed by atoms with Crippen molar-refractivity contribution in [3.63, 3.8) is 0 Å². The first-order valence-corrected chi connectivity index (χ1v) is 19.0. The van der Waals surface area contributed by atoms with E-state index in [1.165, 1.54) is 93.2 Å². The summed E-state index contributed by atoms with van der Waals surface area (Å²) < 4.78 is 7.47. The van der Waals surface area contributed by atoms with Gasteiger partial charge >= 0.3 is 0 Å². The molecule has 0 aliphatic carbocycles. The summed E-state index contributed by atoms with van der Waals surface area (Å²) >= 11 is 0. The quantitative estimate of drug-likeness (QED) is 0.162. The van der Waals surface area contributed by atoms with Crippen LogP contribution < -0.4 is 0 Å². The maximum absolute atomic E-state index is 2.57. The van der Waals surface area contributed by atoms with E-state index in [1.807, 2.05) is 0 Å². The number of fused-ring (bicyclic) bond motifs is 13. The fourth-order valence-electron chi connectivity index (χ4n) is 9.30. The Hall–Kier alpha value is -7.36. The van der Waals surface area contributed by atoms with E-state index in [2.05, 4.69) is 214 Å². The Balaban J connectivity index is 1.31. The predicted octanol–water partition coefficient (Wildman–Crippen LogP) is 13.8. The molecule has 3 heteroatoms. The van der Waals surface area contributed by atoms with Crippen LogP contribution in [0.3, 0.4) is 0 Å². The summed E-state index contributed by atoms with van der Waals surface area (Å²) in [5.74, 6) is 0. The Bertz CT molecular complexity index is 3460. The predicted molar refractivity (Wildman–Crippen MR) is 232 cm³/mol. The third-order valence-corrected chi connectivity index (χ3v) is 11.6. The second kappa shape index (κ2) is 11.6. The highest BCUT2D eigenvalue weighted by Gasteiger charge is 2.27. The van der Waals surface area contributed by atoms with E-state index < -0.39 is 0 Å². The molecule has 12 rings (SSSR count). The normalized spacial score (nSPS) is 12.0. The van der Waals surface area contributed by atoms with Gasteiger partial charge in [0, 0.05) is 43.9 Å². The van der Waals surface area contributed by atoms with Gasteiger partial charge < -0.3 is 13.5 Å². The summed E-state index contributed by atoms with van der Waals surface area (Å²) in [6.45, 7) is 0. The molecule has 0 atom stereocenters. The van der Waals surface area contributed by atoms with Gasteiger partial charge in [-0.05, 0) is 82.7 Å². The molecular weight excluding hydrogens is 667 g/mol. The Kier molecular flexibility index (Phi) is 6.34. The summed E-state index contributed by atoms with van der Waals surface area (Å²) in [5, 5.41) is 7.46. The van der Waals surface area contributed by atoms with Gasteiger partial charge in [0.15, 0.2) is 0 Å². The molecule has 0 fully saturated rings. The summed E-state index contributed by atoms with van der Waals surface area (Å²) in [5.41, 5.74) is 15.6. The Labute approximate surface area is 317 Å². The first-order chi connectivity index (χ1) is 27.3. The number of hydrogen-bond donors (Lipinski definition) is 0. The molecule has 4 heterocycles. The molecule has 0 aliphatic rings. The van der Waals surface area contributed by atoms with Crippen molar-refractivity contribution >= 4 is 70.9 Å². The first-order valence-electron chi connectivity index (χ1n) is 19.0. The van der Waals surface area contributed by atoms with Crippen molar-refractivity contribution in [3.8, 4) is 33.6 Å². The molecule has 0 unspecified atom stereocenters. The Morgan fingerprint density at radius 1 is 0.255 bits per heavy atom. The molecule has 256 valence electrons. The summed E-state index contributed by atoms with van der Waals surface area (Å²) in [6, 6.07) is 73.2. The molecule has 0 radical (unpaired) electrons. The molecule has 0 aliphatic heterocycles. The van der Waals surface area contributed by atoms with Crippen LogP contribution in [0, 0.1) is 0 Å². The van der Waals surface area contributed by atoms with Crippen molar-refractivity contribution in [2.75, 3.05) is 0 Å². The largest absolute Gasteiger partial charge is 0.309 e. The monoisotopic (exact) mass is 699 g/mol. The molecule has 0 N–H and O–H groups in total. The maximum atomic E-state index is 2.57.